The van der Waals surface area contributed by atoms with Crippen molar-refractivity contribution in [2.24, 2.45) is 23.2 Å². The topological polar surface area (TPSA) is 102 Å². The second kappa shape index (κ2) is 9.05. The Hall–Kier alpha value is -2.52. The molecule has 2 amide bonds. The Kier molecular flexibility index (Phi) is 6.39. The van der Waals surface area contributed by atoms with E-state index in [9.17, 15) is 9.59 Å². The monoisotopic (exact) mass is 506 g/mol. The Morgan fingerprint density at radius 3 is 2.54 bits per heavy atom. The van der Waals surface area contributed by atoms with Crippen LogP contribution in [0.5, 0.6) is 0 Å². The zero-order valence-electron chi connectivity index (χ0n) is 23.0. The second-order valence-electron chi connectivity index (χ2n) is 12.9. The number of nitrogens with zero attached hydrogens (tertiary/aromatic N) is 2. The minimum Gasteiger partial charge on any atom is -0.404 e. The fraction of sp³-hybridized carbons (Fsp3) is 0.643. The quantitative estimate of drug-likeness (QED) is 0.552. The molecule has 2 heterocycles. The summed E-state index contributed by atoms with van der Waals surface area (Å²) < 4.78 is 13.2. The SMILES string of the molecule is CC(C)CC(NC(=O)C(C)(C)NC(=O)c1cnc2ccccc2n1)B1OC2CC3CC(C3(C)C)C2(C)O1. The highest BCUT2D eigenvalue weighted by atomic mass is 16.7. The summed E-state index contributed by atoms with van der Waals surface area (Å²) >= 11 is 0. The number of hydrogen-bond acceptors (Lipinski definition) is 6. The standard InChI is InChI=1S/C28H39BN4O4/c1-16(2)12-23(29-36-22-14-17-13-21(26(17,3)4)28(22,7)37-29)32-25(35)27(5,6)33-24(34)20-15-30-18-10-8-9-11-19(18)31-20/h8-11,15-17,21-23H,12-14H2,1-7H3,(H,32,35)(H,33,34). The first-order chi connectivity index (χ1) is 17.3. The highest BCUT2D eigenvalue weighted by Crippen LogP contribution is 2.65. The van der Waals surface area contributed by atoms with E-state index in [1.54, 1.807) is 19.9 Å². The van der Waals surface area contributed by atoms with Crippen LogP contribution in [-0.2, 0) is 14.1 Å². The first-order valence-electron chi connectivity index (χ1n) is 13.5. The predicted octanol–water partition coefficient (Wildman–Crippen LogP) is 3.94. The number of rotatable bonds is 7. The van der Waals surface area contributed by atoms with Gasteiger partial charge in [-0.1, -0.05) is 39.8 Å². The maximum Gasteiger partial charge on any atom is 0.481 e. The number of fused-ring (bicyclic) bond motifs is 1. The molecular formula is C28H39BN4O4. The summed E-state index contributed by atoms with van der Waals surface area (Å²) in [5.41, 5.74) is 0.220. The average molecular weight is 506 g/mol. The van der Waals surface area contributed by atoms with Crippen LogP contribution in [0.3, 0.4) is 0 Å². The molecule has 0 radical (unpaired) electrons. The first kappa shape index (κ1) is 26.1. The molecule has 198 valence electrons. The number of amides is 2. The van der Waals surface area contributed by atoms with Crippen molar-refractivity contribution in [3.05, 3.63) is 36.2 Å². The number of hydrogen-bond donors (Lipinski definition) is 2. The smallest absolute Gasteiger partial charge is 0.404 e. The van der Waals surface area contributed by atoms with E-state index in [2.05, 4.69) is 55.2 Å². The van der Waals surface area contributed by atoms with E-state index in [1.165, 1.54) is 12.6 Å². The molecule has 1 aromatic heterocycles. The number of para-hydroxylation sites is 2. The largest absolute Gasteiger partial charge is 0.481 e. The molecule has 5 atom stereocenters. The summed E-state index contributed by atoms with van der Waals surface area (Å²) in [7, 11) is -0.519. The van der Waals surface area contributed by atoms with Gasteiger partial charge in [0.05, 0.1) is 34.9 Å². The average Bonchev–Trinajstić information content (AvgIpc) is 3.19. The van der Waals surface area contributed by atoms with E-state index < -0.39 is 18.6 Å². The van der Waals surface area contributed by atoms with Gasteiger partial charge < -0.3 is 19.9 Å². The van der Waals surface area contributed by atoms with Crippen molar-refractivity contribution in [1.29, 1.82) is 0 Å². The number of carbonyl (C=O) groups is 2. The van der Waals surface area contributed by atoms with Crippen LogP contribution in [0, 0.1) is 23.2 Å². The molecule has 0 spiro atoms. The molecule has 9 heteroatoms. The molecule has 2 aromatic rings. The van der Waals surface area contributed by atoms with Crippen LogP contribution >= 0.6 is 0 Å². The predicted molar refractivity (Wildman–Crippen MR) is 143 cm³/mol. The number of nitrogens with one attached hydrogen (secondary N) is 2. The van der Waals surface area contributed by atoms with E-state index in [4.69, 9.17) is 9.31 Å². The van der Waals surface area contributed by atoms with Crippen molar-refractivity contribution < 1.29 is 18.9 Å². The molecule has 5 unspecified atom stereocenters. The van der Waals surface area contributed by atoms with Crippen LogP contribution in [0.15, 0.2) is 30.5 Å². The Bertz CT molecular complexity index is 1220. The molecular weight excluding hydrogens is 467 g/mol. The van der Waals surface area contributed by atoms with E-state index >= 15 is 0 Å². The third kappa shape index (κ3) is 4.54. The molecule has 1 aliphatic heterocycles. The molecule has 1 aromatic carbocycles. The van der Waals surface area contributed by atoms with Crippen LogP contribution in [0.4, 0.5) is 0 Å². The third-order valence-electron chi connectivity index (χ3n) is 9.01. The molecule has 1 saturated heterocycles. The number of aromatic nitrogens is 2. The molecule has 8 nitrogen and oxygen atoms in total. The van der Waals surface area contributed by atoms with Gasteiger partial charge in [-0.25, -0.2) is 4.98 Å². The lowest BCUT2D eigenvalue weighted by atomic mass is 9.43. The maximum atomic E-state index is 13.5. The summed E-state index contributed by atoms with van der Waals surface area (Å²) in [4.78, 5) is 35.2. The van der Waals surface area contributed by atoms with E-state index in [-0.39, 0.29) is 34.7 Å². The highest BCUT2D eigenvalue weighted by molar-refractivity contribution is 6.48. The summed E-state index contributed by atoms with van der Waals surface area (Å²) in [6, 6.07) is 7.36. The van der Waals surface area contributed by atoms with Gasteiger partial charge in [0.25, 0.3) is 5.91 Å². The zero-order valence-corrected chi connectivity index (χ0v) is 23.0. The molecule has 3 aliphatic carbocycles. The first-order valence-corrected chi connectivity index (χ1v) is 13.5. The lowest BCUT2D eigenvalue weighted by Crippen LogP contribution is -2.65. The minimum atomic E-state index is -1.18. The van der Waals surface area contributed by atoms with Crippen molar-refractivity contribution >= 4 is 30.0 Å². The van der Waals surface area contributed by atoms with Gasteiger partial charge in [-0.3, -0.25) is 14.6 Å². The van der Waals surface area contributed by atoms with Gasteiger partial charge in [-0.15, -0.1) is 0 Å². The fourth-order valence-corrected chi connectivity index (χ4v) is 6.64. The molecule has 2 N–H and O–H groups in total. The van der Waals surface area contributed by atoms with Crippen LogP contribution in [0.1, 0.15) is 78.2 Å². The lowest BCUT2D eigenvalue weighted by molar-refractivity contribution is -0.199. The molecule has 37 heavy (non-hydrogen) atoms. The molecule has 6 rings (SSSR count). The Morgan fingerprint density at radius 2 is 1.86 bits per heavy atom. The van der Waals surface area contributed by atoms with Gasteiger partial charge in [0.15, 0.2) is 0 Å². The summed E-state index contributed by atoms with van der Waals surface area (Å²) in [5, 5.41) is 5.99. The Balaban J connectivity index is 1.28. The van der Waals surface area contributed by atoms with Crippen molar-refractivity contribution in [2.75, 3.05) is 0 Å². The molecule has 4 aliphatic rings. The van der Waals surface area contributed by atoms with Gasteiger partial charge in [0.1, 0.15) is 11.2 Å². The third-order valence-corrected chi connectivity index (χ3v) is 9.01. The molecule has 4 fully saturated rings. The molecule has 3 saturated carbocycles. The van der Waals surface area contributed by atoms with Crippen LogP contribution < -0.4 is 10.6 Å². The summed E-state index contributed by atoms with van der Waals surface area (Å²) in [6.07, 6.45) is 4.35. The van der Waals surface area contributed by atoms with Gasteiger partial charge in [-0.05, 0) is 75.3 Å². The van der Waals surface area contributed by atoms with Crippen LogP contribution in [0.25, 0.3) is 11.0 Å². The molecule has 2 bridgehead atoms. The Morgan fingerprint density at radius 1 is 1.16 bits per heavy atom. The summed E-state index contributed by atoms with van der Waals surface area (Å²) in [6.45, 7) is 14.5. The maximum absolute atomic E-state index is 13.5. The van der Waals surface area contributed by atoms with Crippen molar-refractivity contribution in [3.8, 4) is 0 Å². The minimum absolute atomic E-state index is 0.0417. The van der Waals surface area contributed by atoms with Crippen molar-refractivity contribution in [3.63, 3.8) is 0 Å². The highest BCUT2D eigenvalue weighted by Gasteiger charge is 2.68. The normalized spacial score (nSPS) is 29.0. The van der Waals surface area contributed by atoms with Crippen LogP contribution in [0.2, 0.25) is 0 Å². The van der Waals surface area contributed by atoms with Gasteiger partial charge in [0, 0.05) is 0 Å². The lowest BCUT2D eigenvalue weighted by Gasteiger charge is -2.64. The van der Waals surface area contributed by atoms with Crippen molar-refractivity contribution in [1.82, 2.24) is 20.6 Å². The van der Waals surface area contributed by atoms with Gasteiger partial charge in [-0.2, -0.15) is 0 Å². The fourth-order valence-electron chi connectivity index (χ4n) is 6.64. The van der Waals surface area contributed by atoms with Gasteiger partial charge >= 0.3 is 7.12 Å². The van der Waals surface area contributed by atoms with E-state index in [0.717, 1.165) is 6.42 Å². The zero-order chi connectivity index (χ0) is 26.8. The van der Waals surface area contributed by atoms with E-state index in [0.29, 0.717) is 35.2 Å². The van der Waals surface area contributed by atoms with Crippen molar-refractivity contribution in [2.45, 2.75) is 90.9 Å². The van der Waals surface area contributed by atoms with Crippen LogP contribution in [-0.4, -0.2) is 52.1 Å². The number of carbonyl (C=O) groups excluding carboxylic acids is 2. The van der Waals surface area contributed by atoms with Gasteiger partial charge in [0.2, 0.25) is 5.91 Å². The Labute approximate surface area is 219 Å². The second-order valence-corrected chi connectivity index (χ2v) is 12.9. The van der Waals surface area contributed by atoms with E-state index in [1.807, 2.05) is 18.2 Å². The summed E-state index contributed by atoms with van der Waals surface area (Å²) in [5.74, 6) is 0.353. The number of benzene rings is 1.